The van der Waals surface area contributed by atoms with E-state index in [0.29, 0.717) is 12.4 Å². The molecular weight excluding hydrogens is 356 g/mol. The van der Waals surface area contributed by atoms with Crippen molar-refractivity contribution in [3.8, 4) is 11.5 Å². The molecule has 1 aliphatic rings. The van der Waals surface area contributed by atoms with Crippen molar-refractivity contribution in [1.29, 1.82) is 0 Å². The molecule has 0 amide bonds. The molecule has 0 bridgehead atoms. The van der Waals surface area contributed by atoms with Crippen LogP contribution >= 0.6 is 11.3 Å². The highest BCUT2D eigenvalue weighted by Crippen LogP contribution is 2.34. The van der Waals surface area contributed by atoms with Crippen LogP contribution in [0.3, 0.4) is 0 Å². The van der Waals surface area contributed by atoms with Gasteiger partial charge in [0.05, 0.1) is 5.39 Å². The Morgan fingerprint density at radius 1 is 1.19 bits per heavy atom. The lowest BCUT2D eigenvalue weighted by Crippen LogP contribution is -2.32. The SMILES string of the molecule is CCN(CC)CCn1c(-c2ccccn2)nc2sc3c(c2c1=O)CCCC3. The van der Waals surface area contributed by atoms with Gasteiger partial charge in [0.2, 0.25) is 0 Å². The van der Waals surface area contributed by atoms with Crippen LogP contribution in [0.25, 0.3) is 21.7 Å². The first kappa shape index (κ1) is 18.3. The molecule has 27 heavy (non-hydrogen) atoms. The third kappa shape index (κ3) is 3.44. The molecule has 3 heterocycles. The van der Waals surface area contributed by atoms with E-state index in [0.717, 1.165) is 48.4 Å². The fourth-order valence-electron chi connectivity index (χ4n) is 3.92. The minimum Gasteiger partial charge on any atom is -0.302 e. The first-order valence-corrected chi connectivity index (χ1v) is 10.7. The summed E-state index contributed by atoms with van der Waals surface area (Å²) in [4.78, 5) is 27.5. The molecular formula is C21H26N4OS. The summed E-state index contributed by atoms with van der Waals surface area (Å²) >= 11 is 1.70. The maximum Gasteiger partial charge on any atom is 0.262 e. The molecule has 0 aliphatic heterocycles. The van der Waals surface area contributed by atoms with Crippen LogP contribution in [0.1, 0.15) is 37.1 Å². The normalized spacial score (nSPS) is 14.0. The van der Waals surface area contributed by atoms with Crippen molar-refractivity contribution in [2.24, 2.45) is 0 Å². The predicted octanol–water partition coefficient (Wildman–Crippen LogP) is 3.74. The minimum absolute atomic E-state index is 0.104. The van der Waals surface area contributed by atoms with Gasteiger partial charge in [-0.2, -0.15) is 0 Å². The minimum atomic E-state index is 0.104. The molecule has 0 aromatic carbocycles. The van der Waals surface area contributed by atoms with Crippen molar-refractivity contribution < 1.29 is 0 Å². The summed E-state index contributed by atoms with van der Waals surface area (Å²) < 4.78 is 1.85. The number of pyridine rings is 1. The van der Waals surface area contributed by atoms with E-state index in [-0.39, 0.29) is 5.56 Å². The lowest BCUT2D eigenvalue weighted by molar-refractivity contribution is 0.289. The monoisotopic (exact) mass is 382 g/mol. The largest absolute Gasteiger partial charge is 0.302 e. The molecule has 0 saturated carbocycles. The number of hydrogen-bond donors (Lipinski definition) is 0. The highest BCUT2D eigenvalue weighted by atomic mass is 32.1. The zero-order chi connectivity index (χ0) is 18.8. The quantitative estimate of drug-likeness (QED) is 0.652. The van der Waals surface area contributed by atoms with Gasteiger partial charge in [0.25, 0.3) is 5.56 Å². The summed E-state index contributed by atoms with van der Waals surface area (Å²) in [6.07, 6.45) is 6.22. The summed E-state index contributed by atoms with van der Waals surface area (Å²) in [5, 5.41) is 0.855. The second kappa shape index (κ2) is 7.90. The molecule has 0 radical (unpaired) electrons. The molecule has 0 N–H and O–H groups in total. The third-order valence-electron chi connectivity index (χ3n) is 5.50. The van der Waals surface area contributed by atoms with Crippen LogP contribution in [0.15, 0.2) is 29.2 Å². The van der Waals surface area contributed by atoms with Gasteiger partial charge in [0.15, 0.2) is 5.82 Å². The van der Waals surface area contributed by atoms with Crippen molar-refractivity contribution in [3.05, 3.63) is 45.2 Å². The van der Waals surface area contributed by atoms with Crippen LogP contribution in [-0.4, -0.2) is 39.1 Å². The van der Waals surface area contributed by atoms with E-state index in [2.05, 4.69) is 23.7 Å². The van der Waals surface area contributed by atoms with E-state index in [1.54, 1.807) is 17.5 Å². The van der Waals surface area contributed by atoms with Gasteiger partial charge in [-0.05, 0) is 56.5 Å². The number of likely N-dealkylation sites (N-methyl/N-ethyl adjacent to an activating group) is 1. The fraction of sp³-hybridized carbons (Fsp3) is 0.476. The first-order chi connectivity index (χ1) is 13.2. The Bertz CT molecular complexity index is 989. The van der Waals surface area contributed by atoms with Crippen molar-refractivity contribution in [2.75, 3.05) is 19.6 Å². The Kier molecular flexibility index (Phi) is 5.36. The lowest BCUT2D eigenvalue weighted by Gasteiger charge is -2.20. The summed E-state index contributed by atoms with van der Waals surface area (Å²) in [5.41, 5.74) is 2.12. The summed E-state index contributed by atoms with van der Waals surface area (Å²) in [6, 6.07) is 5.78. The molecule has 0 atom stereocenters. The Morgan fingerprint density at radius 2 is 2.00 bits per heavy atom. The highest BCUT2D eigenvalue weighted by molar-refractivity contribution is 7.18. The molecule has 0 saturated heterocycles. The van der Waals surface area contributed by atoms with E-state index >= 15 is 0 Å². The maximum atomic E-state index is 13.5. The molecule has 0 spiro atoms. The second-order valence-electron chi connectivity index (χ2n) is 7.03. The van der Waals surface area contributed by atoms with Gasteiger partial charge in [-0.1, -0.05) is 19.9 Å². The Balaban J connectivity index is 1.88. The van der Waals surface area contributed by atoms with E-state index in [4.69, 9.17) is 4.98 Å². The number of nitrogens with zero attached hydrogens (tertiary/aromatic N) is 4. The molecule has 1 aliphatic carbocycles. The van der Waals surface area contributed by atoms with Crippen LogP contribution in [0, 0.1) is 0 Å². The molecule has 5 nitrogen and oxygen atoms in total. The first-order valence-electron chi connectivity index (χ1n) is 9.91. The van der Waals surface area contributed by atoms with Crippen LogP contribution < -0.4 is 5.56 Å². The lowest BCUT2D eigenvalue weighted by atomic mass is 9.97. The van der Waals surface area contributed by atoms with Crippen molar-refractivity contribution >= 4 is 21.6 Å². The van der Waals surface area contributed by atoms with Gasteiger partial charge in [-0.25, -0.2) is 4.98 Å². The molecule has 3 aromatic rings. The number of aryl methyl sites for hydroxylation is 2. The zero-order valence-electron chi connectivity index (χ0n) is 16.1. The summed E-state index contributed by atoms with van der Waals surface area (Å²) in [5.74, 6) is 0.693. The van der Waals surface area contributed by atoms with Gasteiger partial charge in [-0.3, -0.25) is 14.3 Å². The average molecular weight is 383 g/mol. The van der Waals surface area contributed by atoms with E-state index in [1.165, 1.54) is 23.3 Å². The van der Waals surface area contributed by atoms with Gasteiger partial charge >= 0.3 is 0 Å². The highest BCUT2D eigenvalue weighted by Gasteiger charge is 2.23. The molecule has 142 valence electrons. The topological polar surface area (TPSA) is 51.0 Å². The fourth-order valence-corrected chi connectivity index (χ4v) is 5.17. The van der Waals surface area contributed by atoms with Crippen molar-refractivity contribution in [3.63, 3.8) is 0 Å². The molecule has 4 rings (SSSR count). The average Bonchev–Trinajstić information content (AvgIpc) is 3.09. The van der Waals surface area contributed by atoms with Gasteiger partial charge in [0.1, 0.15) is 10.5 Å². The number of hydrogen-bond acceptors (Lipinski definition) is 5. The summed E-state index contributed by atoms with van der Waals surface area (Å²) in [6.45, 7) is 7.75. The smallest absolute Gasteiger partial charge is 0.262 e. The van der Waals surface area contributed by atoms with Crippen LogP contribution in [0.5, 0.6) is 0 Å². The van der Waals surface area contributed by atoms with Crippen molar-refractivity contribution in [1.82, 2.24) is 19.4 Å². The Morgan fingerprint density at radius 3 is 2.74 bits per heavy atom. The van der Waals surface area contributed by atoms with Gasteiger partial charge in [-0.15, -0.1) is 11.3 Å². The molecule has 0 fully saturated rings. The third-order valence-corrected chi connectivity index (χ3v) is 6.69. The predicted molar refractivity (Wildman–Crippen MR) is 112 cm³/mol. The number of aromatic nitrogens is 3. The maximum absolute atomic E-state index is 13.5. The van der Waals surface area contributed by atoms with Gasteiger partial charge < -0.3 is 4.90 Å². The number of fused-ring (bicyclic) bond motifs is 3. The van der Waals surface area contributed by atoms with Crippen LogP contribution in [0.2, 0.25) is 0 Å². The van der Waals surface area contributed by atoms with Crippen LogP contribution in [-0.2, 0) is 19.4 Å². The van der Waals surface area contributed by atoms with E-state index in [9.17, 15) is 4.79 Å². The zero-order valence-corrected chi connectivity index (χ0v) is 16.9. The second-order valence-corrected chi connectivity index (χ2v) is 8.11. The van der Waals surface area contributed by atoms with E-state index in [1.807, 2.05) is 22.8 Å². The Labute approximate surface area is 163 Å². The number of thiophene rings is 1. The van der Waals surface area contributed by atoms with Gasteiger partial charge in [0, 0.05) is 24.2 Å². The summed E-state index contributed by atoms with van der Waals surface area (Å²) in [7, 11) is 0. The Hall–Kier alpha value is -2.05. The standard InChI is InChI=1S/C21H26N4OS/c1-3-24(4-2)13-14-25-19(16-10-7-8-12-22-16)23-20-18(21(25)26)15-9-5-6-11-17(15)27-20/h7-8,10,12H,3-6,9,11,13-14H2,1-2H3. The molecule has 0 unspecified atom stereocenters. The van der Waals surface area contributed by atoms with Crippen LogP contribution in [0.4, 0.5) is 0 Å². The van der Waals surface area contributed by atoms with E-state index < -0.39 is 0 Å². The number of rotatable bonds is 6. The van der Waals surface area contributed by atoms with Crippen molar-refractivity contribution in [2.45, 2.75) is 46.1 Å². The molecule has 3 aromatic heterocycles. The molecule has 6 heteroatoms.